The van der Waals surface area contributed by atoms with Gasteiger partial charge in [0.05, 0.1) is 6.54 Å². The highest BCUT2D eigenvalue weighted by molar-refractivity contribution is 5.78. The average molecular weight is 315 g/mol. The number of amides is 1. The van der Waals surface area contributed by atoms with E-state index in [1.807, 2.05) is 0 Å². The fourth-order valence-corrected chi connectivity index (χ4v) is 3.12. The molecule has 3 rings (SSSR count). The van der Waals surface area contributed by atoms with Gasteiger partial charge < -0.3 is 10.6 Å². The minimum Gasteiger partial charge on any atom is -0.351 e. The number of carbonyl (C=O) groups excluding carboxylic acids is 1. The Balaban J connectivity index is 1.31. The Kier molecular flexibility index (Phi) is 5.68. The van der Waals surface area contributed by atoms with Crippen LogP contribution in [0.3, 0.4) is 0 Å². The number of rotatable bonds is 7. The first-order valence-electron chi connectivity index (χ1n) is 8.97. The smallest absolute Gasteiger partial charge is 0.234 e. The van der Waals surface area contributed by atoms with Crippen molar-refractivity contribution < 1.29 is 4.79 Å². The molecule has 1 aromatic rings. The summed E-state index contributed by atoms with van der Waals surface area (Å²) in [5, 5.41) is 6.71. The maximum Gasteiger partial charge on any atom is 0.234 e. The Morgan fingerprint density at radius 3 is 2.48 bits per heavy atom. The van der Waals surface area contributed by atoms with Crippen LogP contribution in [0.2, 0.25) is 0 Å². The monoisotopic (exact) mass is 315 g/mol. The highest BCUT2D eigenvalue weighted by atomic mass is 16.2. The van der Waals surface area contributed by atoms with Gasteiger partial charge in [-0.2, -0.15) is 0 Å². The summed E-state index contributed by atoms with van der Waals surface area (Å²) in [5.74, 6) is 1.08. The summed E-state index contributed by atoms with van der Waals surface area (Å²) in [7, 11) is 0. The van der Waals surface area contributed by atoms with Crippen molar-refractivity contribution >= 4 is 5.91 Å². The van der Waals surface area contributed by atoms with Crippen LogP contribution in [0.15, 0.2) is 24.3 Å². The Morgan fingerprint density at radius 1 is 1.13 bits per heavy atom. The van der Waals surface area contributed by atoms with Gasteiger partial charge in [0.15, 0.2) is 0 Å². The van der Waals surface area contributed by atoms with Crippen LogP contribution in [0.1, 0.15) is 36.8 Å². The van der Waals surface area contributed by atoms with E-state index in [1.54, 1.807) is 0 Å². The molecule has 0 aromatic heterocycles. The molecule has 1 saturated heterocycles. The number of nitrogens with zero attached hydrogens (tertiary/aromatic N) is 1. The lowest BCUT2D eigenvalue weighted by Gasteiger charge is -2.32. The lowest BCUT2D eigenvalue weighted by Crippen LogP contribution is -2.46. The zero-order valence-corrected chi connectivity index (χ0v) is 14.2. The Labute approximate surface area is 139 Å². The summed E-state index contributed by atoms with van der Waals surface area (Å²) in [6, 6.07) is 8.98. The number of piperidine rings is 1. The second kappa shape index (κ2) is 7.93. The second-order valence-corrected chi connectivity index (χ2v) is 7.16. The fourth-order valence-electron chi connectivity index (χ4n) is 3.12. The van der Waals surface area contributed by atoms with E-state index in [1.165, 1.54) is 24.9 Å². The lowest BCUT2D eigenvalue weighted by atomic mass is 10.0. The third-order valence-electron chi connectivity index (χ3n) is 4.96. The van der Waals surface area contributed by atoms with E-state index in [-0.39, 0.29) is 5.91 Å². The number of benzene rings is 1. The lowest BCUT2D eigenvalue weighted by molar-refractivity contribution is -0.122. The van der Waals surface area contributed by atoms with Gasteiger partial charge in [0.2, 0.25) is 5.91 Å². The summed E-state index contributed by atoms with van der Waals surface area (Å²) in [6.45, 7) is 6.48. The van der Waals surface area contributed by atoms with Gasteiger partial charge in [-0.15, -0.1) is 0 Å². The van der Waals surface area contributed by atoms with Crippen LogP contribution < -0.4 is 10.6 Å². The minimum atomic E-state index is 0.134. The third kappa shape index (κ3) is 5.63. The van der Waals surface area contributed by atoms with Gasteiger partial charge in [0.1, 0.15) is 0 Å². The van der Waals surface area contributed by atoms with E-state index < -0.39 is 0 Å². The number of aryl methyl sites for hydroxylation is 1. The molecule has 1 heterocycles. The molecule has 1 aliphatic carbocycles. The van der Waals surface area contributed by atoms with Crippen molar-refractivity contribution in [3.05, 3.63) is 35.4 Å². The summed E-state index contributed by atoms with van der Waals surface area (Å²) in [4.78, 5) is 14.4. The molecule has 2 aliphatic rings. The molecular formula is C19H29N3O. The summed E-state index contributed by atoms with van der Waals surface area (Å²) >= 11 is 0. The normalized spacial score (nSPS) is 19.7. The zero-order valence-electron chi connectivity index (χ0n) is 14.2. The molecule has 126 valence electrons. The van der Waals surface area contributed by atoms with Gasteiger partial charge in [-0.05, 0) is 50.6 Å². The second-order valence-electron chi connectivity index (χ2n) is 7.16. The first-order valence-corrected chi connectivity index (χ1v) is 8.97. The van der Waals surface area contributed by atoms with E-state index in [0.29, 0.717) is 19.1 Å². The van der Waals surface area contributed by atoms with E-state index >= 15 is 0 Å². The van der Waals surface area contributed by atoms with E-state index in [4.69, 9.17) is 0 Å². The maximum absolute atomic E-state index is 12.1. The van der Waals surface area contributed by atoms with Crippen LogP contribution in [-0.4, -0.2) is 43.0 Å². The summed E-state index contributed by atoms with van der Waals surface area (Å²) < 4.78 is 0. The molecule has 4 heteroatoms. The molecule has 1 amide bonds. The number of hydrogen-bond donors (Lipinski definition) is 2. The Bertz CT molecular complexity index is 502. The molecule has 1 saturated carbocycles. The van der Waals surface area contributed by atoms with Crippen LogP contribution in [0.4, 0.5) is 0 Å². The molecule has 2 N–H and O–H groups in total. The van der Waals surface area contributed by atoms with Crippen LogP contribution in [0, 0.1) is 12.8 Å². The van der Waals surface area contributed by atoms with Gasteiger partial charge >= 0.3 is 0 Å². The largest absolute Gasteiger partial charge is 0.351 e. The van der Waals surface area contributed by atoms with Gasteiger partial charge in [0, 0.05) is 25.7 Å². The average Bonchev–Trinajstić information content (AvgIpc) is 3.38. The molecule has 23 heavy (non-hydrogen) atoms. The molecular weight excluding hydrogens is 286 g/mol. The molecule has 2 fully saturated rings. The van der Waals surface area contributed by atoms with E-state index in [0.717, 1.165) is 37.4 Å². The number of hydrogen-bond acceptors (Lipinski definition) is 3. The third-order valence-corrected chi connectivity index (χ3v) is 4.96. The summed E-state index contributed by atoms with van der Waals surface area (Å²) in [6.07, 6.45) is 5.15. The quantitative estimate of drug-likeness (QED) is 0.810. The first kappa shape index (κ1) is 16.5. The molecule has 1 aromatic carbocycles. The van der Waals surface area contributed by atoms with Crippen LogP contribution in [-0.2, 0) is 11.3 Å². The molecule has 0 atom stereocenters. The molecule has 0 bridgehead atoms. The number of nitrogens with one attached hydrogen (secondary N) is 2. The van der Waals surface area contributed by atoms with Gasteiger partial charge in [-0.1, -0.05) is 29.8 Å². The van der Waals surface area contributed by atoms with Crippen molar-refractivity contribution in [3.63, 3.8) is 0 Å². The molecule has 0 radical (unpaired) electrons. The number of carbonyl (C=O) groups is 1. The van der Waals surface area contributed by atoms with Crippen molar-refractivity contribution in [1.82, 2.24) is 15.5 Å². The van der Waals surface area contributed by atoms with Gasteiger partial charge in [-0.25, -0.2) is 0 Å². The molecule has 4 nitrogen and oxygen atoms in total. The summed E-state index contributed by atoms with van der Waals surface area (Å²) in [5.41, 5.74) is 2.41. The van der Waals surface area contributed by atoms with E-state index in [2.05, 4.69) is 46.7 Å². The van der Waals surface area contributed by atoms with Crippen molar-refractivity contribution in [2.75, 3.05) is 26.2 Å². The van der Waals surface area contributed by atoms with Crippen LogP contribution in [0.25, 0.3) is 0 Å². The van der Waals surface area contributed by atoms with E-state index in [9.17, 15) is 4.79 Å². The molecule has 0 unspecified atom stereocenters. The molecule has 0 spiro atoms. The van der Waals surface area contributed by atoms with Crippen molar-refractivity contribution in [1.29, 1.82) is 0 Å². The Morgan fingerprint density at radius 2 is 1.83 bits per heavy atom. The predicted molar refractivity (Wildman–Crippen MR) is 93.2 cm³/mol. The number of likely N-dealkylation sites (tertiary alicyclic amines) is 1. The standard InChI is InChI=1S/C19H29N3O/c1-15-2-4-16(5-3-15)13-21-19(23)14-22-10-8-18(9-11-22)20-12-17-6-7-17/h2-5,17-18,20H,6-14H2,1H3,(H,21,23). The minimum absolute atomic E-state index is 0.134. The van der Waals surface area contributed by atoms with Crippen molar-refractivity contribution in [2.45, 2.75) is 45.2 Å². The molecule has 1 aliphatic heterocycles. The van der Waals surface area contributed by atoms with Crippen LogP contribution >= 0.6 is 0 Å². The van der Waals surface area contributed by atoms with Gasteiger partial charge in [-0.3, -0.25) is 9.69 Å². The topological polar surface area (TPSA) is 44.4 Å². The Hall–Kier alpha value is -1.39. The predicted octanol–water partition coefficient (Wildman–Crippen LogP) is 2.08. The highest BCUT2D eigenvalue weighted by Crippen LogP contribution is 2.28. The van der Waals surface area contributed by atoms with Crippen molar-refractivity contribution in [3.8, 4) is 0 Å². The highest BCUT2D eigenvalue weighted by Gasteiger charge is 2.24. The van der Waals surface area contributed by atoms with Crippen molar-refractivity contribution in [2.24, 2.45) is 5.92 Å². The van der Waals surface area contributed by atoms with Crippen LogP contribution in [0.5, 0.6) is 0 Å². The zero-order chi connectivity index (χ0) is 16.1. The van der Waals surface area contributed by atoms with Gasteiger partial charge in [0.25, 0.3) is 0 Å². The fraction of sp³-hybridized carbons (Fsp3) is 0.632. The first-order chi connectivity index (χ1) is 11.2. The maximum atomic E-state index is 12.1. The SMILES string of the molecule is Cc1ccc(CNC(=O)CN2CCC(NCC3CC3)CC2)cc1.